The summed E-state index contributed by atoms with van der Waals surface area (Å²) in [5.41, 5.74) is 0.624. The lowest BCUT2D eigenvalue weighted by molar-refractivity contribution is 0.251. The quantitative estimate of drug-likeness (QED) is 0.895. The molecule has 1 aliphatic heterocycles. The number of anilines is 1. The van der Waals surface area contributed by atoms with Crippen LogP contribution in [0.25, 0.3) is 0 Å². The van der Waals surface area contributed by atoms with Gasteiger partial charge in [-0.1, -0.05) is 17.7 Å². The van der Waals surface area contributed by atoms with Gasteiger partial charge in [-0.3, -0.25) is 0 Å². The standard InChI is InChI=1S/C13H17ClN2O3S/c14-11-2-1-3-12(8-11)16-13(17)15-6-4-10-5-7-20(18,19)9-10/h1-3,8,10H,4-7,9H2,(H2,15,16,17). The predicted octanol–water partition coefficient (Wildman–Crippen LogP) is 2.29. The lowest BCUT2D eigenvalue weighted by Gasteiger charge is -2.10. The topological polar surface area (TPSA) is 75.3 Å². The molecule has 0 bridgehead atoms. The molecule has 1 unspecified atom stereocenters. The Morgan fingerprint density at radius 2 is 2.20 bits per heavy atom. The van der Waals surface area contributed by atoms with E-state index in [1.165, 1.54) is 0 Å². The van der Waals surface area contributed by atoms with Crippen LogP contribution < -0.4 is 10.6 Å². The number of urea groups is 1. The Morgan fingerprint density at radius 1 is 1.40 bits per heavy atom. The van der Waals surface area contributed by atoms with Gasteiger partial charge in [-0.25, -0.2) is 13.2 Å². The summed E-state index contributed by atoms with van der Waals surface area (Å²) >= 11 is 5.82. The predicted molar refractivity (Wildman–Crippen MR) is 79.9 cm³/mol. The molecular weight excluding hydrogens is 300 g/mol. The third-order valence-electron chi connectivity index (χ3n) is 3.25. The number of halogens is 1. The Bertz CT molecular complexity index is 589. The Labute approximate surface area is 123 Å². The summed E-state index contributed by atoms with van der Waals surface area (Å²) in [6.07, 6.45) is 1.38. The molecule has 1 fully saturated rings. The van der Waals surface area contributed by atoms with Gasteiger partial charge < -0.3 is 10.6 Å². The van der Waals surface area contributed by atoms with E-state index >= 15 is 0 Å². The van der Waals surface area contributed by atoms with Gasteiger partial charge in [0.1, 0.15) is 0 Å². The number of carbonyl (C=O) groups is 1. The van der Waals surface area contributed by atoms with Crippen LogP contribution in [0.1, 0.15) is 12.8 Å². The summed E-state index contributed by atoms with van der Waals surface area (Å²) < 4.78 is 22.6. The summed E-state index contributed by atoms with van der Waals surface area (Å²) in [5.74, 6) is 0.670. The van der Waals surface area contributed by atoms with E-state index in [-0.39, 0.29) is 23.5 Å². The maximum absolute atomic E-state index is 11.6. The molecule has 0 spiro atoms. The van der Waals surface area contributed by atoms with E-state index in [4.69, 9.17) is 11.6 Å². The number of nitrogens with one attached hydrogen (secondary N) is 2. The fraction of sp³-hybridized carbons (Fsp3) is 0.462. The van der Waals surface area contributed by atoms with Gasteiger partial charge in [-0.05, 0) is 37.0 Å². The summed E-state index contributed by atoms with van der Waals surface area (Å²) in [6.45, 7) is 0.465. The monoisotopic (exact) mass is 316 g/mol. The highest BCUT2D eigenvalue weighted by Gasteiger charge is 2.27. The van der Waals surface area contributed by atoms with Gasteiger partial charge in [0.15, 0.2) is 9.84 Å². The molecule has 0 saturated carbocycles. The van der Waals surface area contributed by atoms with Crippen molar-refractivity contribution in [1.29, 1.82) is 0 Å². The highest BCUT2D eigenvalue weighted by Crippen LogP contribution is 2.21. The molecule has 20 heavy (non-hydrogen) atoms. The molecule has 5 nitrogen and oxygen atoms in total. The number of benzene rings is 1. The van der Waals surface area contributed by atoms with Crippen molar-refractivity contribution in [2.45, 2.75) is 12.8 Å². The van der Waals surface area contributed by atoms with E-state index < -0.39 is 9.84 Å². The van der Waals surface area contributed by atoms with Crippen LogP contribution in [0.5, 0.6) is 0 Å². The summed E-state index contributed by atoms with van der Waals surface area (Å²) in [4.78, 5) is 11.6. The van der Waals surface area contributed by atoms with Crippen molar-refractivity contribution in [2.75, 3.05) is 23.4 Å². The molecule has 110 valence electrons. The summed E-state index contributed by atoms with van der Waals surface area (Å²) in [6, 6.07) is 6.57. The van der Waals surface area contributed by atoms with Crippen LogP contribution in [0, 0.1) is 5.92 Å². The molecule has 1 aromatic carbocycles. The van der Waals surface area contributed by atoms with E-state index in [0.717, 1.165) is 0 Å². The van der Waals surface area contributed by atoms with Crippen molar-refractivity contribution in [3.05, 3.63) is 29.3 Å². The lowest BCUT2D eigenvalue weighted by atomic mass is 10.1. The SMILES string of the molecule is O=C(NCCC1CCS(=O)(=O)C1)Nc1cccc(Cl)c1. The van der Waals surface area contributed by atoms with Crippen molar-refractivity contribution in [2.24, 2.45) is 5.92 Å². The first-order chi connectivity index (χ1) is 9.44. The maximum atomic E-state index is 11.6. The number of carbonyl (C=O) groups excluding carboxylic acids is 1. The number of hydrogen-bond acceptors (Lipinski definition) is 3. The fourth-order valence-electron chi connectivity index (χ4n) is 2.23. The third-order valence-corrected chi connectivity index (χ3v) is 5.32. The molecule has 2 amide bonds. The van der Waals surface area contributed by atoms with Crippen molar-refractivity contribution >= 4 is 33.2 Å². The highest BCUT2D eigenvalue weighted by molar-refractivity contribution is 7.91. The normalized spacial score (nSPS) is 20.6. The second-order valence-electron chi connectivity index (χ2n) is 4.95. The minimum atomic E-state index is -2.84. The molecule has 2 rings (SSSR count). The molecule has 7 heteroatoms. The first kappa shape index (κ1) is 15.1. The van der Waals surface area contributed by atoms with Crippen LogP contribution in [-0.4, -0.2) is 32.5 Å². The number of hydrogen-bond donors (Lipinski definition) is 2. The van der Waals surface area contributed by atoms with E-state index in [1.807, 2.05) is 0 Å². The zero-order chi connectivity index (χ0) is 14.6. The molecule has 1 heterocycles. The van der Waals surface area contributed by atoms with Crippen LogP contribution in [0.2, 0.25) is 5.02 Å². The van der Waals surface area contributed by atoms with E-state index in [0.29, 0.717) is 30.1 Å². The van der Waals surface area contributed by atoms with E-state index in [2.05, 4.69) is 10.6 Å². The Kier molecular flexibility index (Phi) is 4.88. The Balaban J connectivity index is 1.71. The molecule has 0 radical (unpaired) electrons. The van der Waals surface area contributed by atoms with Crippen molar-refractivity contribution in [1.82, 2.24) is 5.32 Å². The molecule has 0 aromatic heterocycles. The first-order valence-corrected chi connectivity index (χ1v) is 8.65. The second kappa shape index (κ2) is 6.45. The van der Waals surface area contributed by atoms with Crippen LogP contribution in [-0.2, 0) is 9.84 Å². The average molecular weight is 317 g/mol. The minimum Gasteiger partial charge on any atom is -0.338 e. The zero-order valence-electron chi connectivity index (χ0n) is 10.9. The smallest absolute Gasteiger partial charge is 0.319 e. The Morgan fingerprint density at radius 3 is 2.85 bits per heavy atom. The van der Waals surface area contributed by atoms with Crippen molar-refractivity contribution < 1.29 is 13.2 Å². The summed E-state index contributed by atoms with van der Waals surface area (Å²) in [5, 5.41) is 5.94. The summed E-state index contributed by atoms with van der Waals surface area (Å²) in [7, 11) is -2.84. The molecule has 1 saturated heterocycles. The Hall–Kier alpha value is -1.27. The number of amides is 2. The first-order valence-electron chi connectivity index (χ1n) is 6.45. The van der Waals surface area contributed by atoms with Gasteiger partial charge in [0.25, 0.3) is 0 Å². The number of sulfone groups is 1. The molecule has 1 aromatic rings. The molecular formula is C13H17ClN2O3S. The second-order valence-corrected chi connectivity index (χ2v) is 7.61. The van der Waals surface area contributed by atoms with Gasteiger partial charge in [-0.15, -0.1) is 0 Å². The highest BCUT2D eigenvalue weighted by atomic mass is 35.5. The maximum Gasteiger partial charge on any atom is 0.319 e. The third kappa shape index (κ3) is 4.68. The molecule has 0 aliphatic carbocycles. The largest absolute Gasteiger partial charge is 0.338 e. The van der Waals surface area contributed by atoms with Crippen LogP contribution >= 0.6 is 11.6 Å². The average Bonchev–Trinajstić information content (AvgIpc) is 2.69. The lowest BCUT2D eigenvalue weighted by Crippen LogP contribution is -2.30. The minimum absolute atomic E-state index is 0.159. The van der Waals surface area contributed by atoms with Crippen LogP contribution in [0.15, 0.2) is 24.3 Å². The van der Waals surface area contributed by atoms with E-state index in [9.17, 15) is 13.2 Å². The van der Waals surface area contributed by atoms with Gasteiger partial charge >= 0.3 is 6.03 Å². The van der Waals surface area contributed by atoms with Gasteiger partial charge in [0.05, 0.1) is 11.5 Å². The fourth-order valence-corrected chi connectivity index (χ4v) is 4.33. The van der Waals surface area contributed by atoms with Gasteiger partial charge in [0, 0.05) is 17.3 Å². The van der Waals surface area contributed by atoms with Crippen molar-refractivity contribution in [3.8, 4) is 0 Å². The molecule has 1 aliphatic rings. The molecule has 2 N–H and O–H groups in total. The van der Waals surface area contributed by atoms with E-state index in [1.54, 1.807) is 24.3 Å². The van der Waals surface area contributed by atoms with Crippen LogP contribution in [0.3, 0.4) is 0 Å². The molecule has 1 atom stereocenters. The van der Waals surface area contributed by atoms with Gasteiger partial charge in [-0.2, -0.15) is 0 Å². The van der Waals surface area contributed by atoms with Gasteiger partial charge in [0.2, 0.25) is 0 Å². The zero-order valence-corrected chi connectivity index (χ0v) is 12.5. The van der Waals surface area contributed by atoms with Crippen molar-refractivity contribution in [3.63, 3.8) is 0 Å². The van der Waals surface area contributed by atoms with Crippen LogP contribution in [0.4, 0.5) is 10.5 Å². The number of rotatable bonds is 4.